The molecule has 0 radical (unpaired) electrons. The van der Waals surface area contributed by atoms with Crippen LogP contribution in [0.2, 0.25) is 0 Å². The van der Waals surface area contributed by atoms with E-state index in [2.05, 4.69) is 11.6 Å². The number of nitro benzene ring substituents is 1. The molecule has 7 heteroatoms. The van der Waals surface area contributed by atoms with E-state index in [0.717, 1.165) is 19.3 Å². The second kappa shape index (κ2) is 17.1. The first-order valence-corrected chi connectivity index (χ1v) is 13.7. The number of nitro groups is 1. The van der Waals surface area contributed by atoms with Gasteiger partial charge in [0.15, 0.2) is 4.90 Å². The molecule has 0 fully saturated rings. The van der Waals surface area contributed by atoms with E-state index in [1.54, 1.807) is 0 Å². The summed E-state index contributed by atoms with van der Waals surface area (Å²) in [5.74, 6) is 0. The Hall–Kier alpha value is -1.47. The fourth-order valence-electron chi connectivity index (χ4n) is 3.79. The molecular formula is C24H42N2O4S. The third kappa shape index (κ3) is 12.9. The van der Waals surface area contributed by atoms with E-state index in [9.17, 15) is 18.5 Å². The topological polar surface area (TPSA) is 89.3 Å². The van der Waals surface area contributed by atoms with Crippen molar-refractivity contribution in [3.8, 4) is 0 Å². The molecular weight excluding hydrogens is 412 g/mol. The van der Waals surface area contributed by atoms with Gasteiger partial charge in [0, 0.05) is 12.6 Å². The molecule has 1 N–H and O–H groups in total. The number of nitrogens with one attached hydrogen (secondary N) is 1. The molecule has 0 heterocycles. The quantitative estimate of drug-likeness (QED) is 0.129. The first kappa shape index (κ1) is 27.6. The number of unbranched alkanes of at least 4 members (excludes halogenated alkanes) is 15. The molecule has 0 saturated heterocycles. The predicted octanol–water partition coefficient (Wildman–Crippen LogP) is 7.13. The molecule has 0 spiro atoms. The van der Waals surface area contributed by atoms with Crippen LogP contribution < -0.4 is 4.72 Å². The van der Waals surface area contributed by atoms with Gasteiger partial charge in [0.05, 0.1) is 4.92 Å². The number of hydrogen-bond donors (Lipinski definition) is 1. The summed E-state index contributed by atoms with van der Waals surface area (Å²) in [5.41, 5.74) is -0.387. The molecule has 1 aromatic carbocycles. The molecule has 178 valence electrons. The van der Waals surface area contributed by atoms with Crippen molar-refractivity contribution >= 4 is 15.7 Å². The van der Waals surface area contributed by atoms with Gasteiger partial charge in [0.2, 0.25) is 10.0 Å². The predicted molar refractivity (Wildman–Crippen MR) is 128 cm³/mol. The van der Waals surface area contributed by atoms with Crippen molar-refractivity contribution in [1.82, 2.24) is 4.72 Å². The fraction of sp³-hybridized carbons (Fsp3) is 0.750. The van der Waals surface area contributed by atoms with Crippen molar-refractivity contribution in [3.63, 3.8) is 0 Å². The van der Waals surface area contributed by atoms with Crippen molar-refractivity contribution in [2.24, 2.45) is 0 Å². The number of para-hydroxylation sites is 1. The molecule has 1 rings (SSSR count). The monoisotopic (exact) mass is 454 g/mol. The fourth-order valence-corrected chi connectivity index (χ4v) is 5.04. The van der Waals surface area contributed by atoms with Gasteiger partial charge in [-0.05, 0) is 12.5 Å². The summed E-state index contributed by atoms with van der Waals surface area (Å²) in [6.45, 7) is 2.57. The number of sulfonamides is 1. The van der Waals surface area contributed by atoms with Crippen LogP contribution in [-0.2, 0) is 10.0 Å². The Balaban J connectivity index is 1.97. The Kier molecular flexibility index (Phi) is 15.2. The molecule has 0 bridgehead atoms. The summed E-state index contributed by atoms with van der Waals surface area (Å²) in [5, 5.41) is 11.0. The number of nitrogens with zero attached hydrogens (tertiary/aromatic N) is 1. The Bertz CT molecular complexity index is 707. The normalized spacial score (nSPS) is 11.6. The van der Waals surface area contributed by atoms with E-state index >= 15 is 0 Å². The highest BCUT2D eigenvalue weighted by Gasteiger charge is 2.24. The minimum atomic E-state index is -3.85. The molecule has 0 unspecified atom stereocenters. The van der Waals surface area contributed by atoms with Crippen molar-refractivity contribution < 1.29 is 13.3 Å². The van der Waals surface area contributed by atoms with E-state index in [1.807, 2.05) is 0 Å². The Morgan fingerprint density at radius 3 is 1.61 bits per heavy atom. The number of rotatable bonds is 20. The zero-order valence-electron chi connectivity index (χ0n) is 19.3. The highest BCUT2D eigenvalue weighted by Crippen LogP contribution is 2.22. The average Bonchev–Trinajstić information content (AvgIpc) is 2.76. The summed E-state index contributed by atoms with van der Waals surface area (Å²) in [4.78, 5) is 10.1. The van der Waals surface area contributed by atoms with Crippen LogP contribution in [-0.4, -0.2) is 19.9 Å². The summed E-state index contributed by atoms with van der Waals surface area (Å²) in [6, 6.07) is 5.44. The average molecular weight is 455 g/mol. The van der Waals surface area contributed by atoms with Crippen LogP contribution in [0.15, 0.2) is 29.2 Å². The lowest BCUT2D eigenvalue weighted by molar-refractivity contribution is -0.387. The van der Waals surface area contributed by atoms with Crippen molar-refractivity contribution in [2.75, 3.05) is 6.54 Å². The van der Waals surface area contributed by atoms with Gasteiger partial charge in [-0.2, -0.15) is 0 Å². The minimum Gasteiger partial charge on any atom is -0.258 e. The molecule has 31 heavy (non-hydrogen) atoms. The number of benzene rings is 1. The molecule has 0 aliphatic heterocycles. The number of hydrogen-bond acceptors (Lipinski definition) is 4. The van der Waals surface area contributed by atoms with Gasteiger partial charge >= 0.3 is 0 Å². The zero-order valence-corrected chi connectivity index (χ0v) is 20.1. The van der Waals surface area contributed by atoms with Crippen LogP contribution in [0.25, 0.3) is 0 Å². The first-order chi connectivity index (χ1) is 15.0. The van der Waals surface area contributed by atoms with Gasteiger partial charge in [-0.15, -0.1) is 0 Å². The highest BCUT2D eigenvalue weighted by atomic mass is 32.2. The molecule has 0 amide bonds. The van der Waals surface area contributed by atoms with Gasteiger partial charge < -0.3 is 0 Å². The van der Waals surface area contributed by atoms with Gasteiger partial charge in [0.1, 0.15) is 0 Å². The lowest BCUT2D eigenvalue weighted by atomic mass is 10.0. The minimum absolute atomic E-state index is 0.267. The molecule has 0 aliphatic rings. The Labute approximate surface area is 189 Å². The second-order valence-corrected chi connectivity index (χ2v) is 10.2. The summed E-state index contributed by atoms with van der Waals surface area (Å²) in [6.07, 6.45) is 20.3. The van der Waals surface area contributed by atoms with E-state index in [4.69, 9.17) is 0 Å². The molecule has 1 aromatic rings. The van der Waals surface area contributed by atoms with E-state index in [-0.39, 0.29) is 10.6 Å². The largest absolute Gasteiger partial charge is 0.289 e. The third-order valence-corrected chi connectivity index (χ3v) is 7.18. The lowest BCUT2D eigenvalue weighted by Crippen LogP contribution is -2.25. The Morgan fingerprint density at radius 1 is 0.742 bits per heavy atom. The van der Waals surface area contributed by atoms with Crippen LogP contribution in [0.5, 0.6) is 0 Å². The zero-order chi connectivity index (χ0) is 22.8. The van der Waals surface area contributed by atoms with Gasteiger partial charge in [-0.1, -0.05) is 115 Å². The molecule has 6 nitrogen and oxygen atoms in total. The van der Waals surface area contributed by atoms with Crippen molar-refractivity contribution in [3.05, 3.63) is 34.4 Å². The summed E-state index contributed by atoms with van der Waals surface area (Å²) in [7, 11) is -3.85. The third-order valence-electron chi connectivity index (χ3n) is 5.67. The first-order valence-electron chi connectivity index (χ1n) is 12.2. The van der Waals surface area contributed by atoms with E-state index < -0.39 is 14.9 Å². The molecule has 0 aromatic heterocycles. The van der Waals surface area contributed by atoms with Gasteiger partial charge in [0.25, 0.3) is 5.69 Å². The second-order valence-electron chi connectivity index (χ2n) is 8.43. The van der Waals surface area contributed by atoms with E-state index in [1.165, 1.54) is 108 Å². The van der Waals surface area contributed by atoms with Crippen LogP contribution in [0, 0.1) is 10.1 Å². The van der Waals surface area contributed by atoms with Gasteiger partial charge in [-0.25, -0.2) is 13.1 Å². The standard InChI is InChI=1S/C24H42N2O4S/c1-2-3-4-5-6-7-8-9-10-11-12-13-14-15-16-19-22-25-31(29,30)24-21-18-17-20-23(24)26(27)28/h17-18,20-21,25H,2-16,19,22H2,1H3. The molecule has 0 saturated carbocycles. The maximum absolute atomic E-state index is 12.3. The van der Waals surface area contributed by atoms with E-state index in [0.29, 0.717) is 6.54 Å². The maximum atomic E-state index is 12.3. The van der Waals surface area contributed by atoms with Crippen molar-refractivity contribution in [2.45, 2.75) is 115 Å². The SMILES string of the molecule is CCCCCCCCCCCCCCCCCCNS(=O)(=O)c1ccccc1[N+](=O)[O-]. The van der Waals surface area contributed by atoms with Gasteiger partial charge in [-0.3, -0.25) is 10.1 Å². The van der Waals surface area contributed by atoms with Crippen LogP contribution in [0.4, 0.5) is 5.69 Å². The maximum Gasteiger partial charge on any atom is 0.289 e. The Morgan fingerprint density at radius 2 is 1.16 bits per heavy atom. The van der Waals surface area contributed by atoms with Crippen molar-refractivity contribution in [1.29, 1.82) is 0 Å². The van der Waals surface area contributed by atoms with Crippen LogP contribution in [0.3, 0.4) is 0 Å². The highest BCUT2D eigenvalue weighted by molar-refractivity contribution is 7.89. The summed E-state index contributed by atoms with van der Waals surface area (Å²) >= 11 is 0. The van der Waals surface area contributed by atoms with Crippen LogP contribution in [0.1, 0.15) is 110 Å². The molecule has 0 aliphatic carbocycles. The smallest absolute Gasteiger partial charge is 0.258 e. The van der Waals surface area contributed by atoms with Crippen LogP contribution >= 0.6 is 0 Å². The lowest BCUT2D eigenvalue weighted by Gasteiger charge is -2.07. The molecule has 0 atom stereocenters. The summed E-state index contributed by atoms with van der Waals surface area (Å²) < 4.78 is 27.1.